The van der Waals surface area contributed by atoms with Gasteiger partial charge in [0.15, 0.2) is 0 Å². The number of hydrogen-bond donors (Lipinski definition) is 0. The second-order valence-electron chi connectivity index (χ2n) is 9.59. The highest BCUT2D eigenvalue weighted by Crippen LogP contribution is 2.48. The van der Waals surface area contributed by atoms with Crippen molar-refractivity contribution in [2.75, 3.05) is 0 Å². The third-order valence-electron chi connectivity index (χ3n) is 7.93. The zero-order chi connectivity index (χ0) is 20.9. The van der Waals surface area contributed by atoms with Crippen molar-refractivity contribution in [3.8, 4) is 12.3 Å². The van der Waals surface area contributed by atoms with Crippen LogP contribution in [0.2, 0.25) is 0 Å². The zero-order valence-corrected chi connectivity index (χ0v) is 20.2. The average Bonchev–Trinajstić information content (AvgIpc) is 2.66. The van der Waals surface area contributed by atoms with E-state index in [0.29, 0.717) is 17.3 Å². The van der Waals surface area contributed by atoms with Crippen molar-refractivity contribution in [3.63, 3.8) is 0 Å². The van der Waals surface area contributed by atoms with Crippen LogP contribution >= 0.6 is 0 Å². The molecule has 0 aliphatic heterocycles. The van der Waals surface area contributed by atoms with Crippen LogP contribution in [0.1, 0.15) is 126 Å². The van der Waals surface area contributed by atoms with Crippen LogP contribution in [-0.4, -0.2) is 0 Å². The first-order chi connectivity index (χ1) is 12.9. The molecular formula is C27H52. The Morgan fingerprint density at radius 2 is 1.37 bits per heavy atom. The van der Waals surface area contributed by atoms with Gasteiger partial charge in [-0.2, -0.15) is 0 Å². The largest absolute Gasteiger partial charge is 0.120 e. The lowest BCUT2D eigenvalue weighted by Gasteiger charge is -2.45. The average molecular weight is 377 g/mol. The summed E-state index contributed by atoms with van der Waals surface area (Å²) < 4.78 is 0. The van der Waals surface area contributed by atoms with E-state index in [4.69, 9.17) is 6.42 Å². The molecule has 160 valence electrons. The van der Waals surface area contributed by atoms with Crippen LogP contribution in [-0.2, 0) is 0 Å². The van der Waals surface area contributed by atoms with E-state index in [-0.39, 0.29) is 0 Å². The summed E-state index contributed by atoms with van der Waals surface area (Å²) in [7, 11) is 0. The van der Waals surface area contributed by atoms with E-state index in [2.05, 4.69) is 61.3 Å². The Morgan fingerprint density at radius 3 is 1.78 bits per heavy atom. The first-order valence-electron chi connectivity index (χ1n) is 12.3. The molecule has 0 heteroatoms. The van der Waals surface area contributed by atoms with Crippen molar-refractivity contribution in [1.82, 2.24) is 0 Å². The van der Waals surface area contributed by atoms with E-state index in [0.717, 1.165) is 24.2 Å². The predicted octanol–water partition coefficient (Wildman–Crippen LogP) is 9.14. The molecule has 0 nitrogen and oxygen atoms in total. The van der Waals surface area contributed by atoms with Gasteiger partial charge in [0.2, 0.25) is 0 Å². The van der Waals surface area contributed by atoms with E-state index in [1.165, 1.54) is 64.2 Å². The van der Waals surface area contributed by atoms with Crippen LogP contribution in [0.25, 0.3) is 0 Å². The maximum atomic E-state index is 5.69. The van der Waals surface area contributed by atoms with Gasteiger partial charge in [-0.05, 0) is 41.4 Å². The van der Waals surface area contributed by atoms with E-state index in [9.17, 15) is 0 Å². The lowest BCUT2D eigenvalue weighted by atomic mass is 9.60. The van der Waals surface area contributed by atoms with Gasteiger partial charge in [-0.3, -0.25) is 0 Å². The maximum absolute atomic E-state index is 5.69. The van der Waals surface area contributed by atoms with Crippen molar-refractivity contribution >= 4 is 0 Å². The summed E-state index contributed by atoms with van der Waals surface area (Å²) in [5, 5.41) is 0. The highest BCUT2D eigenvalue weighted by molar-refractivity contribution is 4.91. The smallest absolute Gasteiger partial charge is 0.0119 e. The lowest BCUT2D eigenvalue weighted by molar-refractivity contribution is 0.0538. The van der Waals surface area contributed by atoms with Gasteiger partial charge in [-0.15, -0.1) is 12.3 Å². The van der Waals surface area contributed by atoms with Crippen LogP contribution in [0.15, 0.2) is 0 Å². The second-order valence-corrected chi connectivity index (χ2v) is 9.59. The number of terminal acetylenes is 1. The van der Waals surface area contributed by atoms with E-state index in [1.807, 2.05) is 0 Å². The number of hydrogen-bond acceptors (Lipinski definition) is 0. The second kappa shape index (κ2) is 14.5. The Morgan fingerprint density at radius 1 is 0.778 bits per heavy atom. The Hall–Kier alpha value is -0.440. The van der Waals surface area contributed by atoms with Gasteiger partial charge in [0.1, 0.15) is 0 Å². The van der Waals surface area contributed by atoms with Gasteiger partial charge in [0.25, 0.3) is 0 Å². The summed E-state index contributed by atoms with van der Waals surface area (Å²) in [5.74, 6) is 6.84. The molecule has 0 spiro atoms. The molecule has 0 N–H and O–H groups in total. The first-order valence-corrected chi connectivity index (χ1v) is 12.3. The molecule has 0 aromatic rings. The molecule has 0 aliphatic carbocycles. The quantitative estimate of drug-likeness (QED) is 0.235. The fourth-order valence-corrected chi connectivity index (χ4v) is 5.85. The zero-order valence-electron chi connectivity index (χ0n) is 20.2. The molecule has 0 rings (SSSR count). The molecule has 0 saturated heterocycles. The minimum Gasteiger partial charge on any atom is -0.120 e. The molecule has 0 amide bonds. The Balaban J connectivity index is 5.48. The molecule has 0 aromatic carbocycles. The normalized spacial score (nSPS) is 16.7. The van der Waals surface area contributed by atoms with Gasteiger partial charge in [-0.1, -0.05) is 113 Å². The Bertz CT molecular complexity index is 373. The third-order valence-corrected chi connectivity index (χ3v) is 7.93. The van der Waals surface area contributed by atoms with Gasteiger partial charge in [-0.25, -0.2) is 0 Å². The standard InChI is InChI=1S/C27H52/c1-10-16-19-24(17-11-2)26(27(13-4,14-5)15-6)21-20-23(9)25(18-12-3)22(7)8/h3,22-26H,10-11,13-21H2,1-2,4-9H3. The monoisotopic (exact) mass is 376 g/mol. The van der Waals surface area contributed by atoms with E-state index < -0.39 is 0 Å². The highest BCUT2D eigenvalue weighted by atomic mass is 14.4. The summed E-state index contributed by atoms with van der Waals surface area (Å²) in [6, 6.07) is 0. The van der Waals surface area contributed by atoms with Crippen molar-refractivity contribution in [2.24, 2.45) is 35.0 Å². The van der Waals surface area contributed by atoms with Gasteiger partial charge >= 0.3 is 0 Å². The van der Waals surface area contributed by atoms with Crippen molar-refractivity contribution in [1.29, 1.82) is 0 Å². The predicted molar refractivity (Wildman–Crippen MR) is 125 cm³/mol. The molecule has 0 aliphatic rings. The fourth-order valence-electron chi connectivity index (χ4n) is 5.85. The van der Waals surface area contributed by atoms with Gasteiger partial charge < -0.3 is 0 Å². The number of rotatable bonds is 16. The van der Waals surface area contributed by atoms with Crippen molar-refractivity contribution in [3.05, 3.63) is 0 Å². The Labute approximate surface area is 173 Å². The third kappa shape index (κ3) is 8.21. The summed E-state index contributed by atoms with van der Waals surface area (Å²) in [6.45, 7) is 19.2. The van der Waals surface area contributed by atoms with Crippen LogP contribution in [0.4, 0.5) is 0 Å². The maximum Gasteiger partial charge on any atom is 0.0119 e. The molecule has 0 aromatic heterocycles. The lowest BCUT2D eigenvalue weighted by Crippen LogP contribution is -2.35. The van der Waals surface area contributed by atoms with Gasteiger partial charge in [0, 0.05) is 6.42 Å². The molecule has 0 radical (unpaired) electrons. The minimum absolute atomic E-state index is 0.534. The minimum atomic E-state index is 0.534. The summed E-state index contributed by atoms with van der Waals surface area (Å²) in [5.41, 5.74) is 0.534. The first kappa shape index (κ1) is 26.6. The fraction of sp³-hybridized carbons (Fsp3) is 0.926. The van der Waals surface area contributed by atoms with Crippen molar-refractivity contribution < 1.29 is 0 Å². The molecule has 27 heavy (non-hydrogen) atoms. The van der Waals surface area contributed by atoms with Crippen LogP contribution < -0.4 is 0 Å². The van der Waals surface area contributed by atoms with Crippen LogP contribution in [0, 0.1) is 47.3 Å². The summed E-state index contributed by atoms with van der Waals surface area (Å²) >= 11 is 0. The van der Waals surface area contributed by atoms with E-state index >= 15 is 0 Å². The Kier molecular flexibility index (Phi) is 14.3. The highest BCUT2D eigenvalue weighted by Gasteiger charge is 2.38. The molecule has 0 saturated carbocycles. The molecular weight excluding hydrogens is 324 g/mol. The summed E-state index contributed by atoms with van der Waals surface area (Å²) in [6.07, 6.45) is 20.3. The number of unbranched alkanes of at least 4 members (excludes halogenated alkanes) is 1. The van der Waals surface area contributed by atoms with Crippen molar-refractivity contribution in [2.45, 2.75) is 126 Å². The van der Waals surface area contributed by atoms with Gasteiger partial charge in [0.05, 0.1) is 0 Å². The molecule has 0 fully saturated rings. The van der Waals surface area contributed by atoms with Crippen LogP contribution in [0.5, 0.6) is 0 Å². The molecule has 0 bridgehead atoms. The molecule has 0 heterocycles. The molecule has 4 unspecified atom stereocenters. The molecule has 4 atom stereocenters. The summed E-state index contributed by atoms with van der Waals surface area (Å²) in [4.78, 5) is 0. The SMILES string of the molecule is C#CCC(C(C)C)C(C)CCC(C(CCC)CCCC)C(CC)(CC)CC. The van der Waals surface area contributed by atoms with Crippen LogP contribution in [0.3, 0.4) is 0 Å². The topological polar surface area (TPSA) is 0 Å². The van der Waals surface area contributed by atoms with E-state index in [1.54, 1.807) is 0 Å².